The molecule has 70 valence electrons. The predicted octanol–water partition coefficient (Wildman–Crippen LogP) is -2.35. The standard InChI is InChI=1S/C8H21N2.ClH/c1-9(2)7-6-8-10(3,4)5;/h6-8H2,1-5H3;1H/q+1;/p-1. The highest BCUT2D eigenvalue weighted by Gasteiger charge is 2.05. The van der Waals surface area contributed by atoms with Crippen LogP contribution < -0.4 is 12.4 Å². The van der Waals surface area contributed by atoms with Crippen molar-refractivity contribution in [2.75, 3.05) is 48.3 Å². The van der Waals surface area contributed by atoms with E-state index in [0.29, 0.717) is 0 Å². The fourth-order valence-corrected chi connectivity index (χ4v) is 0.861. The van der Waals surface area contributed by atoms with E-state index in [0.717, 1.165) is 4.48 Å². The van der Waals surface area contributed by atoms with Crippen molar-refractivity contribution in [3.05, 3.63) is 0 Å². The van der Waals surface area contributed by atoms with Crippen molar-refractivity contribution < 1.29 is 16.9 Å². The Balaban J connectivity index is 0. The fraction of sp³-hybridized carbons (Fsp3) is 1.00. The lowest BCUT2D eigenvalue weighted by molar-refractivity contribution is -0.870. The number of rotatable bonds is 4. The number of nitrogens with zero attached hydrogens (tertiary/aromatic N) is 2. The van der Waals surface area contributed by atoms with Gasteiger partial charge in [0.25, 0.3) is 0 Å². The van der Waals surface area contributed by atoms with E-state index in [1.807, 2.05) is 0 Å². The van der Waals surface area contributed by atoms with Crippen LogP contribution in [0.2, 0.25) is 0 Å². The SMILES string of the molecule is CN(C)CCC[N+](C)(C)C.[Cl-]. The first kappa shape index (κ1) is 13.8. The molecule has 0 radical (unpaired) electrons. The predicted molar refractivity (Wildman–Crippen MR) is 46.1 cm³/mol. The first-order chi connectivity index (χ1) is 4.42. The van der Waals surface area contributed by atoms with Crippen LogP contribution >= 0.6 is 0 Å². The minimum absolute atomic E-state index is 0. The van der Waals surface area contributed by atoms with Crippen LogP contribution in [0.25, 0.3) is 0 Å². The van der Waals surface area contributed by atoms with Gasteiger partial charge in [-0.05, 0) is 14.1 Å². The van der Waals surface area contributed by atoms with Gasteiger partial charge in [0.05, 0.1) is 27.7 Å². The van der Waals surface area contributed by atoms with Gasteiger partial charge in [-0.2, -0.15) is 0 Å². The summed E-state index contributed by atoms with van der Waals surface area (Å²) < 4.78 is 1.08. The van der Waals surface area contributed by atoms with E-state index in [2.05, 4.69) is 40.1 Å². The Morgan fingerprint density at radius 1 is 1.09 bits per heavy atom. The smallest absolute Gasteiger partial charge is 0.0792 e. The largest absolute Gasteiger partial charge is 1.00 e. The summed E-state index contributed by atoms with van der Waals surface area (Å²) in [5.74, 6) is 0. The zero-order valence-electron chi connectivity index (χ0n) is 8.39. The van der Waals surface area contributed by atoms with Crippen molar-refractivity contribution in [3.63, 3.8) is 0 Å². The Bertz CT molecular complexity index is 86.6. The third-order valence-corrected chi connectivity index (χ3v) is 1.43. The van der Waals surface area contributed by atoms with Gasteiger partial charge in [-0.15, -0.1) is 0 Å². The van der Waals surface area contributed by atoms with Crippen LogP contribution in [0.4, 0.5) is 0 Å². The Hall–Kier alpha value is 0.210. The molecular weight excluding hydrogens is 160 g/mol. The Morgan fingerprint density at radius 3 is 1.82 bits per heavy atom. The van der Waals surface area contributed by atoms with Crippen molar-refractivity contribution in [3.8, 4) is 0 Å². The highest BCUT2D eigenvalue weighted by molar-refractivity contribution is 4.41. The molecule has 0 aromatic rings. The Kier molecular flexibility index (Phi) is 7.28. The van der Waals surface area contributed by atoms with Gasteiger partial charge in [-0.1, -0.05) is 0 Å². The average Bonchev–Trinajstić information content (AvgIpc) is 1.59. The molecule has 0 saturated heterocycles. The third-order valence-electron chi connectivity index (χ3n) is 1.43. The molecule has 3 heteroatoms. The van der Waals surface area contributed by atoms with E-state index in [-0.39, 0.29) is 12.4 Å². The molecule has 0 spiro atoms. The van der Waals surface area contributed by atoms with Crippen molar-refractivity contribution >= 4 is 0 Å². The van der Waals surface area contributed by atoms with Gasteiger partial charge in [0, 0.05) is 13.0 Å². The molecule has 0 aliphatic heterocycles. The molecule has 0 aliphatic carbocycles. The van der Waals surface area contributed by atoms with Crippen LogP contribution in [0.3, 0.4) is 0 Å². The molecule has 0 heterocycles. The number of halogens is 1. The fourth-order valence-electron chi connectivity index (χ4n) is 0.861. The molecule has 11 heavy (non-hydrogen) atoms. The minimum atomic E-state index is 0. The number of hydrogen-bond acceptors (Lipinski definition) is 1. The molecule has 0 amide bonds. The van der Waals surface area contributed by atoms with Crippen LogP contribution in [-0.2, 0) is 0 Å². The molecule has 0 aromatic carbocycles. The number of hydrogen-bond donors (Lipinski definition) is 0. The Labute approximate surface area is 77.2 Å². The lowest BCUT2D eigenvalue weighted by atomic mass is 10.3. The summed E-state index contributed by atoms with van der Waals surface area (Å²) in [4.78, 5) is 2.23. The van der Waals surface area contributed by atoms with Crippen molar-refractivity contribution in [2.24, 2.45) is 0 Å². The molecular formula is C8H21ClN2. The van der Waals surface area contributed by atoms with E-state index in [9.17, 15) is 0 Å². The normalized spacial score (nSPS) is 11.5. The molecule has 0 rings (SSSR count). The van der Waals surface area contributed by atoms with E-state index in [1.54, 1.807) is 0 Å². The summed E-state index contributed by atoms with van der Waals surface area (Å²) in [7, 11) is 10.9. The van der Waals surface area contributed by atoms with Crippen molar-refractivity contribution in [1.29, 1.82) is 0 Å². The first-order valence-corrected chi connectivity index (χ1v) is 3.87. The molecule has 0 saturated carbocycles. The topological polar surface area (TPSA) is 3.24 Å². The average molecular weight is 181 g/mol. The first-order valence-electron chi connectivity index (χ1n) is 3.87. The highest BCUT2D eigenvalue weighted by atomic mass is 35.5. The molecule has 0 fully saturated rings. The third kappa shape index (κ3) is 13.2. The lowest BCUT2D eigenvalue weighted by Gasteiger charge is -2.24. The monoisotopic (exact) mass is 180 g/mol. The molecule has 0 N–H and O–H groups in total. The van der Waals surface area contributed by atoms with Gasteiger partial charge >= 0.3 is 0 Å². The quantitative estimate of drug-likeness (QED) is 0.438. The van der Waals surface area contributed by atoms with Gasteiger partial charge in [0.2, 0.25) is 0 Å². The molecule has 0 bridgehead atoms. The highest BCUT2D eigenvalue weighted by Crippen LogP contribution is 1.93. The lowest BCUT2D eigenvalue weighted by Crippen LogP contribution is -3.00. The minimum Gasteiger partial charge on any atom is -1.00 e. The van der Waals surface area contributed by atoms with Crippen molar-refractivity contribution in [1.82, 2.24) is 4.90 Å². The van der Waals surface area contributed by atoms with Gasteiger partial charge < -0.3 is 21.8 Å². The van der Waals surface area contributed by atoms with E-state index >= 15 is 0 Å². The van der Waals surface area contributed by atoms with Crippen LogP contribution in [0.1, 0.15) is 6.42 Å². The maximum Gasteiger partial charge on any atom is 0.0792 e. The van der Waals surface area contributed by atoms with Gasteiger partial charge in [-0.25, -0.2) is 0 Å². The van der Waals surface area contributed by atoms with Crippen molar-refractivity contribution in [2.45, 2.75) is 6.42 Å². The summed E-state index contributed by atoms with van der Waals surface area (Å²) in [5.41, 5.74) is 0. The Morgan fingerprint density at radius 2 is 1.55 bits per heavy atom. The molecule has 0 aromatic heterocycles. The van der Waals surface area contributed by atoms with Crippen LogP contribution in [0.5, 0.6) is 0 Å². The van der Waals surface area contributed by atoms with Crippen LogP contribution in [0, 0.1) is 0 Å². The van der Waals surface area contributed by atoms with E-state index in [1.165, 1.54) is 19.5 Å². The maximum absolute atomic E-state index is 2.23. The zero-order chi connectivity index (χ0) is 8.20. The summed E-state index contributed by atoms with van der Waals surface area (Å²) in [5, 5.41) is 0. The number of quaternary nitrogens is 1. The summed E-state index contributed by atoms with van der Waals surface area (Å²) >= 11 is 0. The maximum atomic E-state index is 2.23. The van der Waals surface area contributed by atoms with Gasteiger partial charge in [0.1, 0.15) is 0 Å². The van der Waals surface area contributed by atoms with Crippen LogP contribution in [-0.4, -0.2) is 57.7 Å². The summed E-state index contributed by atoms with van der Waals surface area (Å²) in [6.07, 6.45) is 1.29. The second-order valence-corrected chi connectivity index (χ2v) is 4.17. The van der Waals surface area contributed by atoms with Gasteiger partial charge in [0.15, 0.2) is 0 Å². The molecule has 0 unspecified atom stereocenters. The summed E-state index contributed by atoms with van der Waals surface area (Å²) in [6, 6.07) is 0. The van der Waals surface area contributed by atoms with Crippen LogP contribution in [0.15, 0.2) is 0 Å². The zero-order valence-corrected chi connectivity index (χ0v) is 9.15. The van der Waals surface area contributed by atoms with E-state index in [4.69, 9.17) is 0 Å². The van der Waals surface area contributed by atoms with E-state index < -0.39 is 0 Å². The molecule has 0 atom stereocenters. The second kappa shape index (κ2) is 5.81. The van der Waals surface area contributed by atoms with Gasteiger partial charge in [-0.3, -0.25) is 0 Å². The summed E-state index contributed by atoms with van der Waals surface area (Å²) in [6.45, 7) is 2.47. The second-order valence-electron chi connectivity index (χ2n) is 4.17. The molecule has 2 nitrogen and oxygen atoms in total. The molecule has 0 aliphatic rings.